The van der Waals surface area contributed by atoms with E-state index in [0.29, 0.717) is 0 Å². The van der Waals surface area contributed by atoms with E-state index < -0.39 is 36.8 Å². The van der Waals surface area contributed by atoms with Gasteiger partial charge in [0.15, 0.2) is 6.23 Å². The van der Waals surface area contributed by atoms with Gasteiger partial charge in [-0.15, -0.1) is 0 Å². The van der Waals surface area contributed by atoms with E-state index >= 15 is 0 Å². The van der Waals surface area contributed by atoms with Gasteiger partial charge in [-0.2, -0.15) is 0 Å². The minimum Gasteiger partial charge on any atom is -0.394 e. The topological polar surface area (TPSA) is 121 Å². The first-order valence-electron chi connectivity index (χ1n) is 5.49. The molecule has 0 bridgehead atoms. The highest BCUT2D eigenvalue weighted by Gasteiger charge is 2.43. The second kappa shape index (κ2) is 4.99. The van der Waals surface area contributed by atoms with Gasteiger partial charge in [-0.05, 0) is 6.07 Å². The summed E-state index contributed by atoms with van der Waals surface area (Å²) < 4.78 is 6.92. The second-order valence-corrected chi connectivity index (χ2v) is 4.08. The van der Waals surface area contributed by atoms with Gasteiger partial charge >= 0.3 is 5.69 Å². The maximum absolute atomic E-state index is 12.0. The van der Waals surface area contributed by atoms with Crippen molar-refractivity contribution >= 4 is 0 Å². The van der Waals surface area contributed by atoms with Crippen LogP contribution in [0.1, 0.15) is 6.23 Å². The number of rotatable bonds is 2. The molecular formula is C11H13N3O5. The lowest BCUT2D eigenvalue weighted by atomic mass is 10.1. The fourth-order valence-electron chi connectivity index (χ4n) is 1.94. The highest BCUT2D eigenvalue weighted by molar-refractivity contribution is 4.99. The van der Waals surface area contributed by atoms with E-state index in [1.165, 1.54) is 12.3 Å². The summed E-state index contributed by atoms with van der Waals surface area (Å²) in [6.45, 7) is -0.491. The number of nitrogens with zero attached hydrogens (tertiary/aromatic N) is 2. The van der Waals surface area contributed by atoms with Crippen molar-refractivity contribution in [2.45, 2.75) is 24.5 Å². The minimum atomic E-state index is -1.38. The molecule has 1 aliphatic rings. The highest BCUT2D eigenvalue weighted by atomic mass is 16.6. The van der Waals surface area contributed by atoms with Gasteiger partial charge in [0.1, 0.15) is 23.8 Å². The third kappa shape index (κ3) is 2.09. The first-order valence-corrected chi connectivity index (χ1v) is 5.49. The summed E-state index contributed by atoms with van der Waals surface area (Å²) in [7, 11) is 0. The molecule has 0 aromatic carbocycles. The normalized spacial score (nSPS) is 30.2. The van der Waals surface area contributed by atoms with Gasteiger partial charge in [-0.3, -0.25) is 9.98 Å². The zero-order valence-corrected chi connectivity index (χ0v) is 9.80. The lowest BCUT2D eigenvalue weighted by Gasteiger charge is -2.17. The van der Waals surface area contributed by atoms with Crippen molar-refractivity contribution in [2.75, 3.05) is 6.61 Å². The van der Waals surface area contributed by atoms with Gasteiger partial charge in [0.05, 0.1) is 6.61 Å². The smallest absolute Gasteiger partial charge is 0.343 e. The van der Waals surface area contributed by atoms with Crippen LogP contribution in [0.5, 0.6) is 0 Å². The third-order valence-corrected chi connectivity index (χ3v) is 2.97. The van der Waals surface area contributed by atoms with Crippen molar-refractivity contribution in [3.05, 3.63) is 28.2 Å². The van der Waals surface area contributed by atoms with Crippen LogP contribution in [-0.4, -0.2) is 49.4 Å². The summed E-state index contributed by atoms with van der Waals surface area (Å²) in [6, 6.07) is 3.29. The molecule has 4 N–H and O–H groups in total. The quantitative estimate of drug-likeness (QED) is 0.431. The molecule has 0 radical (unpaired) electrons. The van der Waals surface area contributed by atoms with E-state index in [-0.39, 0.29) is 5.49 Å². The van der Waals surface area contributed by atoms with Crippen LogP contribution in [0.4, 0.5) is 0 Å². The fraction of sp³-hybridized carbons (Fsp3) is 0.455. The molecule has 8 heteroatoms. The summed E-state index contributed by atoms with van der Waals surface area (Å²) in [5.74, 6) is 0. The average Bonchev–Trinajstić information content (AvgIpc) is 2.67. The molecule has 4 atom stereocenters. The largest absolute Gasteiger partial charge is 0.394 e. The Morgan fingerprint density at radius 3 is 2.68 bits per heavy atom. The Hall–Kier alpha value is -1.92. The molecule has 0 saturated carbocycles. The summed E-state index contributed by atoms with van der Waals surface area (Å²) in [5.41, 5.74) is -0.930. The standard InChI is InChI=1S/C11H13N3O5/c1-2-13-7(12)3-4-14(11(13)18)10-9(17)8(16)6(5-15)19-10/h1,3-4,6,8-10,12,15-17H,5H2/t6-,8-,9-,10-/m1/s1. The van der Waals surface area contributed by atoms with E-state index in [1.54, 1.807) is 0 Å². The maximum atomic E-state index is 12.0. The molecule has 1 saturated heterocycles. The summed E-state index contributed by atoms with van der Waals surface area (Å²) >= 11 is 0. The lowest BCUT2D eigenvalue weighted by molar-refractivity contribution is -0.0553. The number of aromatic nitrogens is 2. The molecule has 2 heterocycles. The van der Waals surface area contributed by atoms with E-state index in [1.807, 2.05) is 6.04 Å². The van der Waals surface area contributed by atoms with E-state index in [0.717, 1.165) is 9.13 Å². The number of aliphatic hydroxyl groups is 3. The van der Waals surface area contributed by atoms with Gasteiger partial charge < -0.3 is 20.1 Å². The number of terminal acetylenes is 1. The minimum absolute atomic E-state index is 0.185. The van der Waals surface area contributed by atoms with E-state index in [2.05, 4.69) is 0 Å². The predicted octanol–water partition coefficient (Wildman–Crippen LogP) is -2.82. The molecule has 1 aromatic rings. The molecule has 102 valence electrons. The molecule has 0 aliphatic carbocycles. The second-order valence-electron chi connectivity index (χ2n) is 4.08. The Morgan fingerprint density at radius 1 is 1.47 bits per heavy atom. The van der Waals surface area contributed by atoms with Gasteiger partial charge in [0, 0.05) is 12.2 Å². The molecule has 1 aliphatic heterocycles. The summed E-state index contributed by atoms with van der Waals surface area (Å²) in [5, 5.41) is 35.9. The predicted molar refractivity (Wildman–Crippen MR) is 61.8 cm³/mol. The third-order valence-electron chi connectivity index (χ3n) is 2.97. The molecule has 19 heavy (non-hydrogen) atoms. The van der Waals surface area contributed by atoms with Gasteiger partial charge in [0.2, 0.25) is 0 Å². The Kier molecular flexibility index (Phi) is 3.55. The lowest BCUT2D eigenvalue weighted by Crippen LogP contribution is -2.41. The van der Waals surface area contributed by atoms with E-state index in [9.17, 15) is 15.0 Å². The van der Waals surface area contributed by atoms with Crippen molar-refractivity contribution in [3.8, 4) is 12.5 Å². The highest BCUT2D eigenvalue weighted by Crippen LogP contribution is 2.27. The fourth-order valence-corrected chi connectivity index (χ4v) is 1.94. The molecule has 8 nitrogen and oxygen atoms in total. The van der Waals surface area contributed by atoms with Crippen LogP contribution in [0.25, 0.3) is 0 Å². The molecular weight excluding hydrogens is 254 g/mol. The van der Waals surface area contributed by atoms with Crippen molar-refractivity contribution in [1.82, 2.24) is 9.13 Å². The Bertz CT molecular complexity index is 628. The van der Waals surface area contributed by atoms with Crippen LogP contribution in [0, 0.1) is 17.9 Å². The summed E-state index contributed by atoms with van der Waals surface area (Å²) in [4.78, 5) is 12.0. The van der Waals surface area contributed by atoms with Crippen LogP contribution in [-0.2, 0) is 4.74 Å². The molecule has 0 amide bonds. The van der Waals surface area contributed by atoms with Gasteiger partial charge in [-0.1, -0.05) is 6.42 Å². The molecule has 0 spiro atoms. The van der Waals surface area contributed by atoms with Crippen LogP contribution in [0.15, 0.2) is 17.1 Å². The number of hydrogen-bond acceptors (Lipinski definition) is 6. The maximum Gasteiger partial charge on any atom is 0.343 e. The van der Waals surface area contributed by atoms with Crippen LogP contribution in [0.2, 0.25) is 0 Å². The van der Waals surface area contributed by atoms with E-state index in [4.69, 9.17) is 21.7 Å². The molecule has 0 unspecified atom stereocenters. The number of ether oxygens (including phenoxy) is 1. The Morgan fingerprint density at radius 2 is 2.16 bits per heavy atom. The number of hydrogen-bond donors (Lipinski definition) is 4. The molecule has 2 rings (SSSR count). The average molecular weight is 267 g/mol. The Labute approximate surface area is 107 Å². The van der Waals surface area contributed by atoms with Crippen LogP contribution >= 0.6 is 0 Å². The zero-order chi connectivity index (χ0) is 14.2. The van der Waals surface area contributed by atoms with Crippen molar-refractivity contribution in [1.29, 1.82) is 5.41 Å². The summed E-state index contributed by atoms with van der Waals surface area (Å²) in [6.07, 6.45) is 1.52. The van der Waals surface area contributed by atoms with Crippen LogP contribution in [0.3, 0.4) is 0 Å². The Balaban J connectivity index is 2.48. The molecule has 1 fully saturated rings. The SMILES string of the molecule is C#Cn1c(=N)ccn([C@@H]2O[C@H](CO)[C@@H](O)[C@H]2O)c1=O. The van der Waals surface area contributed by atoms with Crippen molar-refractivity contribution in [3.63, 3.8) is 0 Å². The van der Waals surface area contributed by atoms with Crippen LogP contribution < -0.4 is 11.2 Å². The zero-order valence-electron chi connectivity index (χ0n) is 9.80. The number of nitrogens with one attached hydrogen (secondary N) is 1. The first-order chi connectivity index (χ1) is 9.01. The number of aliphatic hydroxyl groups excluding tert-OH is 3. The molecule has 1 aromatic heterocycles. The van der Waals surface area contributed by atoms with Gasteiger partial charge in [0.25, 0.3) is 0 Å². The van der Waals surface area contributed by atoms with Gasteiger partial charge in [-0.25, -0.2) is 9.36 Å². The van der Waals surface area contributed by atoms with Crippen molar-refractivity contribution < 1.29 is 20.1 Å². The first kappa shape index (κ1) is 13.5. The van der Waals surface area contributed by atoms with Crippen molar-refractivity contribution in [2.24, 2.45) is 0 Å². The monoisotopic (exact) mass is 267 g/mol.